The molecule has 8 heteroatoms. The molecule has 2 N–H and O–H groups in total. The lowest BCUT2D eigenvalue weighted by atomic mass is 9.99. The molecule has 4 rings (SSSR count). The van der Waals surface area contributed by atoms with Crippen molar-refractivity contribution < 1.29 is 9.21 Å². The van der Waals surface area contributed by atoms with Crippen molar-refractivity contribution in [3.8, 4) is 11.3 Å². The summed E-state index contributed by atoms with van der Waals surface area (Å²) in [7, 11) is 0. The first-order chi connectivity index (χ1) is 13.2. The highest BCUT2D eigenvalue weighted by Gasteiger charge is 2.29. The maximum Gasteiger partial charge on any atom is 0.222 e. The molecule has 0 bridgehead atoms. The summed E-state index contributed by atoms with van der Waals surface area (Å²) in [5, 5.41) is 0. The van der Waals surface area contributed by atoms with Gasteiger partial charge in [0.05, 0.1) is 12.7 Å². The van der Waals surface area contributed by atoms with Crippen LogP contribution >= 0.6 is 24.8 Å². The number of piperazine rings is 1. The molecule has 0 radical (unpaired) electrons. The highest BCUT2D eigenvalue weighted by Crippen LogP contribution is 2.27. The molecule has 6 nitrogen and oxygen atoms in total. The van der Waals surface area contributed by atoms with Crippen LogP contribution in [0.1, 0.15) is 31.6 Å². The van der Waals surface area contributed by atoms with Crippen molar-refractivity contribution in [2.75, 3.05) is 26.2 Å². The minimum atomic E-state index is 0. The first-order valence-corrected chi connectivity index (χ1v) is 9.95. The van der Waals surface area contributed by atoms with Crippen molar-refractivity contribution in [3.63, 3.8) is 0 Å². The van der Waals surface area contributed by atoms with E-state index in [0.717, 1.165) is 62.7 Å². The van der Waals surface area contributed by atoms with Crippen molar-refractivity contribution in [2.45, 2.75) is 38.3 Å². The number of nitrogens with zero attached hydrogens (tertiary/aromatic N) is 3. The van der Waals surface area contributed by atoms with Crippen LogP contribution in [-0.2, 0) is 11.3 Å². The summed E-state index contributed by atoms with van der Waals surface area (Å²) in [6.07, 6.45) is 5.72. The maximum atomic E-state index is 12.5. The first kappa shape index (κ1) is 23.7. The Kier molecular flexibility index (Phi) is 8.96. The standard InChI is InChI=1S/C21H28N4O2.2ClH/c22-18-8-4-7-17(18)13-21(26)25-11-9-24(10-12-25)15-20-23-14-19(27-20)16-5-2-1-3-6-16;;/h1-3,5-6,14,17-18H,4,7-13,15,22H2;2*1H/t17-,18+;;/m0../s1. The molecule has 0 spiro atoms. The van der Waals surface area contributed by atoms with Gasteiger partial charge in [-0.15, -0.1) is 24.8 Å². The van der Waals surface area contributed by atoms with E-state index < -0.39 is 0 Å². The van der Waals surface area contributed by atoms with Gasteiger partial charge >= 0.3 is 0 Å². The average Bonchev–Trinajstić information content (AvgIpc) is 3.32. The Morgan fingerprint density at radius 3 is 2.48 bits per heavy atom. The Balaban J connectivity index is 0.00000150. The fourth-order valence-corrected chi connectivity index (χ4v) is 4.14. The van der Waals surface area contributed by atoms with Gasteiger partial charge < -0.3 is 15.1 Å². The lowest BCUT2D eigenvalue weighted by Gasteiger charge is -2.34. The molecule has 0 unspecified atom stereocenters. The van der Waals surface area contributed by atoms with Crippen LogP contribution in [0.3, 0.4) is 0 Å². The number of amides is 1. The van der Waals surface area contributed by atoms with Gasteiger partial charge in [0, 0.05) is 44.2 Å². The van der Waals surface area contributed by atoms with Gasteiger partial charge in [-0.25, -0.2) is 4.98 Å². The summed E-state index contributed by atoms with van der Waals surface area (Å²) >= 11 is 0. The topological polar surface area (TPSA) is 75.6 Å². The lowest BCUT2D eigenvalue weighted by molar-refractivity contribution is -0.134. The Labute approximate surface area is 184 Å². The average molecular weight is 441 g/mol. The molecule has 2 aromatic rings. The van der Waals surface area contributed by atoms with Crippen molar-refractivity contribution in [2.24, 2.45) is 11.7 Å². The highest BCUT2D eigenvalue weighted by atomic mass is 35.5. The smallest absolute Gasteiger partial charge is 0.222 e. The van der Waals surface area contributed by atoms with Crippen LogP contribution in [0.2, 0.25) is 0 Å². The quantitative estimate of drug-likeness (QED) is 0.770. The van der Waals surface area contributed by atoms with Crippen LogP contribution in [0.15, 0.2) is 40.9 Å². The Morgan fingerprint density at radius 2 is 1.83 bits per heavy atom. The summed E-state index contributed by atoms with van der Waals surface area (Å²) in [4.78, 5) is 21.3. The molecule has 2 atom stereocenters. The number of halogens is 2. The second-order valence-electron chi connectivity index (χ2n) is 7.70. The summed E-state index contributed by atoms with van der Waals surface area (Å²) in [5.74, 6) is 2.16. The summed E-state index contributed by atoms with van der Waals surface area (Å²) in [5.41, 5.74) is 7.15. The number of oxazole rings is 1. The monoisotopic (exact) mass is 440 g/mol. The molecule has 160 valence electrons. The molecule has 1 aliphatic heterocycles. The van der Waals surface area contributed by atoms with E-state index in [2.05, 4.69) is 9.88 Å². The fraction of sp³-hybridized carbons (Fsp3) is 0.524. The van der Waals surface area contributed by atoms with Crippen LogP contribution in [0, 0.1) is 5.92 Å². The third-order valence-electron chi connectivity index (χ3n) is 5.85. The predicted octanol–water partition coefficient (Wildman–Crippen LogP) is 3.35. The number of carbonyl (C=O) groups excluding carboxylic acids is 1. The van der Waals surface area contributed by atoms with E-state index >= 15 is 0 Å². The number of nitrogens with two attached hydrogens (primary N) is 1. The van der Waals surface area contributed by atoms with E-state index in [0.29, 0.717) is 18.9 Å². The number of carbonyl (C=O) groups is 1. The van der Waals surface area contributed by atoms with Gasteiger partial charge in [-0.1, -0.05) is 36.8 Å². The summed E-state index contributed by atoms with van der Waals surface area (Å²) in [6, 6.07) is 10.2. The minimum Gasteiger partial charge on any atom is -0.439 e. The van der Waals surface area contributed by atoms with Crippen LogP contribution in [0.5, 0.6) is 0 Å². The van der Waals surface area contributed by atoms with E-state index in [-0.39, 0.29) is 36.8 Å². The second kappa shape index (κ2) is 11.0. The van der Waals surface area contributed by atoms with Gasteiger partial charge in [0.2, 0.25) is 11.8 Å². The Hall–Kier alpha value is -1.60. The number of hydrogen-bond acceptors (Lipinski definition) is 5. The molecule has 1 aliphatic carbocycles. The Bertz CT molecular complexity index is 763. The van der Waals surface area contributed by atoms with Gasteiger partial charge in [0.25, 0.3) is 0 Å². The lowest BCUT2D eigenvalue weighted by Crippen LogP contribution is -2.49. The largest absolute Gasteiger partial charge is 0.439 e. The molecule has 1 aromatic heterocycles. The molecular formula is C21H30Cl2N4O2. The molecule has 29 heavy (non-hydrogen) atoms. The fourth-order valence-electron chi connectivity index (χ4n) is 4.14. The maximum absolute atomic E-state index is 12.5. The van der Waals surface area contributed by atoms with Crippen molar-refractivity contribution in [3.05, 3.63) is 42.4 Å². The molecule has 2 fully saturated rings. The SMILES string of the molecule is Cl.Cl.N[C@@H]1CCC[C@H]1CC(=O)N1CCN(Cc2ncc(-c3ccccc3)o2)CC1. The number of hydrogen-bond donors (Lipinski definition) is 1. The summed E-state index contributed by atoms with van der Waals surface area (Å²) in [6.45, 7) is 3.93. The number of rotatable bonds is 5. The predicted molar refractivity (Wildman–Crippen MR) is 118 cm³/mol. The molecular weight excluding hydrogens is 411 g/mol. The van der Waals surface area contributed by atoms with Crippen LogP contribution in [0.25, 0.3) is 11.3 Å². The van der Waals surface area contributed by atoms with E-state index in [1.165, 1.54) is 0 Å². The van der Waals surface area contributed by atoms with Gasteiger partial charge in [0.15, 0.2) is 5.76 Å². The second-order valence-corrected chi connectivity index (χ2v) is 7.70. The normalized spacial score (nSPS) is 22.0. The van der Waals surface area contributed by atoms with E-state index in [4.69, 9.17) is 10.2 Å². The van der Waals surface area contributed by atoms with Crippen molar-refractivity contribution in [1.82, 2.24) is 14.8 Å². The van der Waals surface area contributed by atoms with Crippen LogP contribution in [-0.4, -0.2) is 52.9 Å². The van der Waals surface area contributed by atoms with Crippen molar-refractivity contribution in [1.29, 1.82) is 0 Å². The van der Waals surface area contributed by atoms with Gasteiger partial charge in [-0.05, 0) is 18.8 Å². The Morgan fingerprint density at radius 1 is 1.10 bits per heavy atom. The van der Waals surface area contributed by atoms with E-state index in [9.17, 15) is 4.79 Å². The summed E-state index contributed by atoms with van der Waals surface area (Å²) < 4.78 is 5.90. The molecule has 1 saturated heterocycles. The zero-order valence-electron chi connectivity index (χ0n) is 16.5. The molecule has 1 saturated carbocycles. The molecule has 2 heterocycles. The van der Waals surface area contributed by atoms with E-state index in [1.54, 1.807) is 6.20 Å². The van der Waals surface area contributed by atoms with Crippen LogP contribution < -0.4 is 5.73 Å². The zero-order valence-corrected chi connectivity index (χ0v) is 18.2. The zero-order chi connectivity index (χ0) is 18.6. The van der Waals surface area contributed by atoms with Gasteiger partial charge in [-0.2, -0.15) is 0 Å². The van der Waals surface area contributed by atoms with Crippen LogP contribution in [0.4, 0.5) is 0 Å². The third-order valence-corrected chi connectivity index (χ3v) is 5.85. The van der Waals surface area contributed by atoms with Gasteiger partial charge in [0.1, 0.15) is 0 Å². The first-order valence-electron chi connectivity index (χ1n) is 9.95. The number of aromatic nitrogens is 1. The third kappa shape index (κ3) is 5.95. The number of benzene rings is 1. The van der Waals surface area contributed by atoms with E-state index in [1.807, 2.05) is 35.2 Å². The minimum absolute atomic E-state index is 0. The van der Waals surface area contributed by atoms with Crippen molar-refractivity contribution >= 4 is 30.7 Å². The van der Waals surface area contributed by atoms with Gasteiger partial charge in [-0.3, -0.25) is 9.69 Å². The molecule has 1 amide bonds. The molecule has 2 aliphatic rings. The molecule has 1 aromatic carbocycles. The highest BCUT2D eigenvalue weighted by molar-refractivity contribution is 5.85.